The molecule has 1 aromatic heterocycles. The van der Waals surface area contributed by atoms with Crippen molar-refractivity contribution >= 4 is 47.7 Å². The van der Waals surface area contributed by atoms with E-state index in [4.69, 9.17) is 55.6 Å². The third kappa shape index (κ3) is 23.7. The van der Waals surface area contributed by atoms with E-state index in [-0.39, 0.29) is 78.4 Å². The second-order valence-corrected chi connectivity index (χ2v) is 23.6. The Morgan fingerprint density at radius 3 is 1.74 bits per heavy atom. The molecule has 7 rings (SSSR count). The molecule has 4 atom stereocenters. The van der Waals surface area contributed by atoms with Gasteiger partial charge >= 0.3 is 17.6 Å². The summed E-state index contributed by atoms with van der Waals surface area (Å²) in [5, 5.41) is 9.55. The fraction of sp³-hybridized carbons (Fsp3) is 0.405. The number of ether oxygens (including phenoxy) is 7. The molecule has 17 nitrogen and oxygen atoms in total. The number of aromatic nitrogens is 2. The number of thiol groups is 1. The van der Waals surface area contributed by atoms with Gasteiger partial charge in [0, 0.05) is 77.1 Å². The van der Waals surface area contributed by atoms with Crippen LogP contribution in [0.3, 0.4) is 0 Å². The van der Waals surface area contributed by atoms with E-state index >= 15 is 0 Å². The Bertz CT molecular complexity index is 3630. The number of ketones is 2. The summed E-state index contributed by atoms with van der Waals surface area (Å²) in [5.74, 6) is -3.90. The molecule has 3 unspecified atom stereocenters. The number of nitrogens with two attached hydrogens (primary N) is 1. The van der Waals surface area contributed by atoms with Crippen molar-refractivity contribution in [2.24, 2.45) is 17.6 Å². The minimum Gasteiger partial charge on any atom is -0.481 e. The standard InChI is InChI=1S/C49H63F2N3O12S.C25H25ClO2/c1-35-46(47(57)54(33-45(52)37-9-3-2-4-10-37)49(60)53(35)32-42-43(50)13-6-14-44(42)51)38-11-5-8-36(30-38)15-16-40(55)12-7-18-61-20-22-63-24-26-65-28-29-66-27-25-64-23-21-62-19-17-41(56)31-39(34-67)48(58)59;1-4-19(3)24(27)28-25(20-10-6-5-7-11-20,21-16-14-18(2)15-17-21)22-12-8-9-13-23(22)26/h2-6,8-11,13-14,30,39,45,67H,7,12,15-29,31-34,52H2,1H3,(H,58,59);5-17,19H,4H2,1-3H3/t39?,45-;/m0./s1. The highest BCUT2D eigenvalue weighted by molar-refractivity contribution is 7.80. The molecule has 0 fully saturated rings. The molecule has 0 bridgehead atoms. The summed E-state index contributed by atoms with van der Waals surface area (Å²) in [6.07, 6.45) is 2.37. The first-order valence-corrected chi connectivity index (χ1v) is 33.0. The van der Waals surface area contributed by atoms with Crippen LogP contribution in [-0.2, 0) is 77.4 Å². The number of carbonyl (C=O) groups excluding carboxylic acids is 3. The first kappa shape index (κ1) is 76.5. The number of carboxylic acid groups (broad SMARTS) is 1. The van der Waals surface area contributed by atoms with Crippen LogP contribution in [-0.4, -0.2) is 123 Å². The minimum absolute atomic E-state index is 0.0519. The summed E-state index contributed by atoms with van der Waals surface area (Å²) in [6, 6.07) is 44.4. The molecule has 0 aliphatic heterocycles. The summed E-state index contributed by atoms with van der Waals surface area (Å²) in [4.78, 5) is 76.6. The largest absolute Gasteiger partial charge is 0.481 e. The molecule has 3 N–H and O–H groups in total. The summed E-state index contributed by atoms with van der Waals surface area (Å²) < 4.78 is 71.1. The first-order valence-electron chi connectivity index (χ1n) is 32.0. The lowest BCUT2D eigenvalue weighted by Gasteiger charge is -2.36. The lowest BCUT2D eigenvalue weighted by molar-refractivity contribution is -0.158. The number of Topliss-reactive ketones (excluding diaryl/α,β-unsaturated/α-hetero) is 2. The number of benzene rings is 6. The first-order chi connectivity index (χ1) is 45.9. The highest BCUT2D eigenvalue weighted by Gasteiger charge is 2.43. The third-order valence-electron chi connectivity index (χ3n) is 15.9. The quantitative estimate of drug-likeness (QED) is 0.0140. The molecule has 0 saturated heterocycles. The van der Waals surface area contributed by atoms with Crippen molar-refractivity contribution in [1.29, 1.82) is 0 Å². The molecular weight excluding hydrogens is 1260 g/mol. The van der Waals surface area contributed by atoms with Crippen LogP contribution in [0.25, 0.3) is 11.1 Å². The van der Waals surface area contributed by atoms with Gasteiger partial charge in [-0.15, -0.1) is 0 Å². The van der Waals surface area contributed by atoms with Crippen LogP contribution in [0.15, 0.2) is 161 Å². The maximum absolute atomic E-state index is 14.8. The Labute approximate surface area is 565 Å². The molecule has 0 aliphatic rings. The van der Waals surface area contributed by atoms with Gasteiger partial charge in [-0.1, -0.05) is 164 Å². The number of carbonyl (C=O) groups is 4. The molecule has 95 heavy (non-hydrogen) atoms. The van der Waals surface area contributed by atoms with E-state index in [2.05, 4.69) is 12.6 Å². The Balaban J connectivity index is 0.000000421. The average Bonchev–Trinajstić information content (AvgIpc) is 0.759. The van der Waals surface area contributed by atoms with Crippen LogP contribution in [0.1, 0.15) is 103 Å². The van der Waals surface area contributed by atoms with Crippen molar-refractivity contribution in [2.75, 3.05) is 85.0 Å². The summed E-state index contributed by atoms with van der Waals surface area (Å²) in [5.41, 5.74) is 9.77. The number of aryl methyl sites for hydroxylation is 2. The van der Waals surface area contributed by atoms with E-state index in [1.165, 1.54) is 10.6 Å². The number of halogens is 3. The Kier molecular flexibility index (Phi) is 32.9. The molecule has 0 aliphatic carbocycles. The molecule has 6 aromatic carbocycles. The second-order valence-electron chi connectivity index (χ2n) is 22.8. The monoisotopic (exact) mass is 1350 g/mol. The number of hydrogen-bond donors (Lipinski definition) is 3. The molecule has 0 radical (unpaired) electrons. The number of nitrogens with zero attached hydrogens (tertiary/aromatic N) is 2. The molecule has 0 saturated carbocycles. The second kappa shape index (κ2) is 40.8. The Hall–Kier alpha value is -7.50. The normalized spacial score (nSPS) is 12.9. The van der Waals surface area contributed by atoms with Gasteiger partial charge in [0.05, 0.1) is 103 Å². The van der Waals surface area contributed by atoms with Gasteiger partial charge in [0.15, 0.2) is 5.60 Å². The van der Waals surface area contributed by atoms with E-state index in [1.807, 2.05) is 112 Å². The maximum atomic E-state index is 14.8. The number of carboxylic acids is 1. The van der Waals surface area contributed by atoms with Crippen LogP contribution < -0.4 is 17.0 Å². The van der Waals surface area contributed by atoms with Crippen molar-refractivity contribution < 1.29 is 66.2 Å². The van der Waals surface area contributed by atoms with Gasteiger partial charge in [0.1, 0.15) is 23.2 Å². The van der Waals surface area contributed by atoms with Gasteiger partial charge in [-0.2, -0.15) is 12.6 Å². The lowest BCUT2D eigenvalue weighted by atomic mass is 9.79. The highest BCUT2D eigenvalue weighted by atomic mass is 35.5. The predicted molar refractivity (Wildman–Crippen MR) is 365 cm³/mol. The van der Waals surface area contributed by atoms with Crippen molar-refractivity contribution in [3.8, 4) is 11.1 Å². The summed E-state index contributed by atoms with van der Waals surface area (Å²) in [7, 11) is 0. The summed E-state index contributed by atoms with van der Waals surface area (Å²) >= 11 is 10.6. The van der Waals surface area contributed by atoms with Crippen molar-refractivity contribution in [3.05, 3.63) is 234 Å². The minimum atomic E-state index is -1.12. The van der Waals surface area contributed by atoms with Crippen LogP contribution >= 0.6 is 24.2 Å². The zero-order valence-electron chi connectivity index (χ0n) is 54.5. The molecule has 0 spiro atoms. The van der Waals surface area contributed by atoms with E-state index in [0.29, 0.717) is 115 Å². The molecule has 0 amide bonds. The molecular formula is C74H88ClF2N3O14S. The third-order valence-corrected chi connectivity index (χ3v) is 16.7. The number of aliphatic carboxylic acids is 1. The van der Waals surface area contributed by atoms with Crippen molar-refractivity contribution in [2.45, 2.75) is 97.4 Å². The molecule has 510 valence electrons. The van der Waals surface area contributed by atoms with Gasteiger partial charge in [-0.3, -0.25) is 33.1 Å². The van der Waals surface area contributed by atoms with Crippen LogP contribution in [0.4, 0.5) is 8.78 Å². The van der Waals surface area contributed by atoms with Crippen molar-refractivity contribution in [3.63, 3.8) is 0 Å². The predicted octanol–water partition coefficient (Wildman–Crippen LogP) is 11.9. The fourth-order valence-electron chi connectivity index (χ4n) is 10.3. The van der Waals surface area contributed by atoms with Gasteiger partial charge in [-0.05, 0) is 68.0 Å². The smallest absolute Gasteiger partial charge is 0.331 e. The van der Waals surface area contributed by atoms with Gasteiger partial charge in [0.25, 0.3) is 5.56 Å². The fourth-order valence-corrected chi connectivity index (χ4v) is 10.8. The number of rotatable bonds is 41. The van der Waals surface area contributed by atoms with E-state index < -0.39 is 53.0 Å². The zero-order valence-corrected chi connectivity index (χ0v) is 56.2. The van der Waals surface area contributed by atoms with Gasteiger partial charge in [0.2, 0.25) is 0 Å². The molecule has 21 heteroatoms. The lowest BCUT2D eigenvalue weighted by Crippen LogP contribution is -2.44. The SMILES string of the molecule is CCC(C)C(=O)OC(c1ccccc1)(c1ccc(C)cc1)c1ccccc1Cl.Cc1c(-c2cccc(CCC(=O)CCCOCCOCCOCCOCCOCCOCCC(=O)CC(CS)C(=O)O)c2)c(=O)n(C[C@H](N)c2ccccc2)c(=O)n1Cc1c(F)cccc1F. The zero-order chi connectivity index (χ0) is 68.5. The number of esters is 1. The number of hydrogen-bond acceptors (Lipinski definition) is 15. The molecule has 7 aromatic rings. The maximum Gasteiger partial charge on any atom is 0.331 e. The Morgan fingerprint density at radius 2 is 1.17 bits per heavy atom. The highest BCUT2D eigenvalue weighted by Crippen LogP contribution is 2.44. The summed E-state index contributed by atoms with van der Waals surface area (Å²) in [6.45, 7) is 11.2. The van der Waals surface area contributed by atoms with E-state index in [9.17, 15) is 37.5 Å². The Morgan fingerprint density at radius 1 is 0.632 bits per heavy atom. The average molecular weight is 1350 g/mol. The van der Waals surface area contributed by atoms with Crippen LogP contribution in [0, 0.1) is 37.3 Å². The van der Waals surface area contributed by atoms with Crippen LogP contribution in [0.2, 0.25) is 5.02 Å². The molecule has 1 heterocycles. The van der Waals surface area contributed by atoms with Gasteiger partial charge < -0.3 is 44.0 Å². The van der Waals surface area contributed by atoms with E-state index in [0.717, 1.165) is 44.5 Å². The van der Waals surface area contributed by atoms with Crippen LogP contribution in [0.5, 0.6) is 0 Å². The van der Waals surface area contributed by atoms with Gasteiger partial charge in [-0.25, -0.2) is 13.6 Å². The van der Waals surface area contributed by atoms with Crippen molar-refractivity contribution in [1.82, 2.24) is 9.13 Å². The topological polar surface area (TPSA) is 223 Å². The van der Waals surface area contributed by atoms with E-state index in [1.54, 1.807) is 49.4 Å².